The smallest absolute Gasteiger partial charge is 0.223 e. The first-order valence-electron chi connectivity index (χ1n) is 8.55. The van der Waals surface area contributed by atoms with E-state index in [0.29, 0.717) is 19.6 Å². The zero-order valence-electron chi connectivity index (χ0n) is 15.0. The summed E-state index contributed by atoms with van der Waals surface area (Å²) in [6.45, 7) is 2.81. The molecule has 5 nitrogen and oxygen atoms in total. The minimum Gasteiger partial charge on any atom is -0.493 e. The highest BCUT2D eigenvalue weighted by Gasteiger charge is 2.02. The molecular formula is C20H27N3O2. The summed E-state index contributed by atoms with van der Waals surface area (Å²) < 4.78 is 5.53. The van der Waals surface area contributed by atoms with E-state index in [1.807, 2.05) is 54.6 Å². The number of nitrogens with one attached hydrogen (secondary N) is 2. The van der Waals surface area contributed by atoms with Crippen molar-refractivity contribution >= 4 is 11.6 Å². The molecule has 1 amide bonds. The van der Waals surface area contributed by atoms with Gasteiger partial charge in [0.15, 0.2) is 0 Å². The molecule has 2 aromatic rings. The molecule has 0 heterocycles. The predicted octanol–water partition coefficient (Wildman–Crippen LogP) is 2.75. The van der Waals surface area contributed by atoms with Gasteiger partial charge in [-0.1, -0.05) is 30.3 Å². The van der Waals surface area contributed by atoms with Crippen molar-refractivity contribution in [2.75, 3.05) is 39.1 Å². The van der Waals surface area contributed by atoms with Crippen molar-refractivity contribution in [2.45, 2.75) is 13.0 Å². The van der Waals surface area contributed by atoms with Crippen LogP contribution in [0.25, 0.3) is 0 Å². The van der Waals surface area contributed by atoms with Crippen LogP contribution in [0.3, 0.4) is 0 Å². The average molecular weight is 341 g/mol. The van der Waals surface area contributed by atoms with Gasteiger partial charge in [-0.05, 0) is 43.9 Å². The van der Waals surface area contributed by atoms with Crippen LogP contribution in [0.2, 0.25) is 0 Å². The van der Waals surface area contributed by atoms with Crippen LogP contribution in [0.4, 0.5) is 5.69 Å². The van der Waals surface area contributed by atoms with E-state index in [-0.39, 0.29) is 5.91 Å². The van der Waals surface area contributed by atoms with E-state index in [1.165, 1.54) is 0 Å². The molecule has 0 bridgehead atoms. The van der Waals surface area contributed by atoms with E-state index in [1.54, 1.807) is 0 Å². The van der Waals surface area contributed by atoms with Crippen LogP contribution in [0, 0.1) is 0 Å². The monoisotopic (exact) mass is 341 g/mol. The molecule has 0 unspecified atom stereocenters. The third-order valence-corrected chi connectivity index (χ3v) is 3.67. The Morgan fingerprint density at radius 3 is 2.44 bits per heavy atom. The highest BCUT2D eigenvalue weighted by molar-refractivity contribution is 5.76. The van der Waals surface area contributed by atoms with E-state index in [0.717, 1.165) is 30.1 Å². The van der Waals surface area contributed by atoms with Gasteiger partial charge in [0.1, 0.15) is 5.75 Å². The maximum atomic E-state index is 11.9. The summed E-state index contributed by atoms with van der Waals surface area (Å²) in [5.74, 6) is 0.775. The number of carbonyl (C=O) groups is 1. The van der Waals surface area contributed by atoms with E-state index in [2.05, 4.69) is 29.6 Å². The Kier molecular flexibility index (Phi) is 7.79. The van der Waals surface area contributed by atoms with Crippen molar-refractivity contribution in [3.63, 3.8) is 0 Å². The molecule has 0 aliphatic heterocycles. The number of hydrogen-bond donors (Lipinski definition) is 2. The fourth-order valence-electron chi connectivity index (χ4n) is 2.23. The Morgan fingerprint density at radius 1 is 1.04 bits per heavy atom. The van der Waals surface area contributed by atoms with Gasteiger partial charge in [-0.25, -0.2) is 0 Å². The molecule has 0 spiro atoms. The highest BCUT2D eigenvalue weighted by Crippen LogP contribution is 2.10. The molecule has 25 heavy (non-hydrogen) atoms. The zero-order valence-corrected chi connectivity index (χ0v) is 15.0. The molecule has 5 heteroatoms. The first kappa shape index (κ1) is 18.8. The summed E-state index contributed by atoms with van der Waals surface area (Å²) in [4.78, 5) is 14.0. The molecule has 2 aromatic carbocycles. The summed E-state index contributed by atoms with van der Waals surface area (Å²) in [5, 5.41) is 6.28. The number of carbonyl (C=O) groups excluding carboxylic acids is 1. The second-order valence-electron chi connectivity index (χ2n) is 6.12. The lowest BCUT2D eigenvalue weighted by atomic mass is 10.2. The number of nitrogens with zero attached hydrogens (tertiary/aromatic N) is 1. The maximum Gasteiger partial charge on any atom is 0.223 e. The third kappa shape index (κ3) is 7.72. The SMILES string of the molecule is CN(C)CCNc1ccc(CNC(=O)CCOc2ccccc2)cc1. The molecule has 0 radical (unpaired) electrons. The van der Waals surface area contributed by atoms with E-state index in [4.69, 9.17) is 4.74 Å². The summed E-state index contributed by atoms with van der Waals surface area (Å²) in [7, 11) is 4.11. The van der Waals surface area contributed by atoms with Crippen LogP contribution < -0.4 is 15.4 Å². The lowest BCUT2D eigenvalue weighted by molar-refractivity contribution is -0.121. The van der Waals surface area contributed by atoms with Crippen LogP contribution in [0.1, 0.15) is 12.0 Å². The standard InChI is InChI=1S/C20H27N3O2/c1-23(2)14-13-21-18-10-8-17(9-11-18)16-22-20(24)12-15-25-19-6-4-3-5-7-19/h3-11,21H,12-16H2,1-2H3,(H,22,24). The normalized spacial score (nSPS) is 10.5. The molecule has 0 aromatic heterocycles. The topological polar surface area (TPSA) is 53.6 Å². The van der Waals surface area contributed by atoms with Crippen molar-refractivity contribution < 1.29 is 9.53 Å². The Bertz CT molecular complexity index is 627. The summed E-state index contributed by atoms with van der Waals surface area (Å²) in [6.07, 6.45) is 0.346. The molecule has 0 aliphatic rings. The Morgan fingerprint density at radius 2 is 1.76 bits per heavy atom. The summed E-state index contributed by atoms with van der Waals surface area (Å²) >= 11 is 0. The van der Waals surface area contributed by atoms with Gasteiger partial charge < -0.3 is 20.3 Å². The number of benzene rings is 2. The maximum absolute atomic E-state index is 11.9. The quantitative estimate of drug-likeness (QED) is 0.698. The second kappa shape index (κ2) is 10.4. The van der Waals surface area contributed by atoms with Gasteiger partial charge in [0, 0.05) is 25.3 Å². The molecule has 134 valence electrons. The number of hydrogen-bond acceptors (Lipinski definition) is 4. The molecule has 0 atom stereocenters. The Balaban J connectivity index is 1.64. The molecule has 2 N–H and O–H groups in total. The third-order valence-electron chi connectivity index (χ3n) is 3.67. The molecular weight excluding hydrogens is 314 g/mol. The lowest BCUT2D eigenvalue weighted by Gasteiger charge is -2.12. The van der Waals surface area contributed by atoms with Crippen molar-refractivity contribution in [3.8, 4) is 5.75 Å². The largest absolute Gasteiger partial charge is 0.493 e. The first-order chi connectivity index (χ1) is 12.1. The zero-order chi connectivity index (χ0) is 17.9. The van der Waals surface area contributed by atoms with Crippen LogP contribution in [-0.4, -0.2) is 44.6 Å². The molecule has 0 saturated carbocycles. The van der Waals surface area contributed by atoms with Gasteiger partial charge in [-0.15, -0.1) is 0 Å². The van der Waals surface area contributed by atoms with Gasteiger partial charge in [-0.2, -0.15) is 0 Å². The molecule has 0 saturated heterocycles. The molecule has 2 rings (SSSR count). The number of rotatable bonds is 10. The molecule has 0 fully saturated rings. The lowest BCUT2D eigenvalue weighted by Crippen LogP contribution is -2.24. The predicted molar refractivity (Wildman–Crippen MR) is 102 cm³/mol. The van der Waals surface area contributed by atoms with Crippen molar-refractivity contribution in [2.24, 2.45) is 0 Å². The number of para-hydroxylation sites is 1. The summed E-state index contributed by atoms with van der Waals surface area (Å²) in [6, 6.07) is 17.6. The van der Waals surface area contributed by atoms with E-state index in [9.17, 15) is 4.79 Å². The van der Waals surface area contributed by atoms with Crippen LogP contribution in [0.5, 0.6) is 5.75 Å². The van der Waals surface area contributed by atoms with Gasteiger partial charge >= 0.3 is 0 Å². The molecule has 0 aliphatic carbocycles. The van der Waals surface area contributed by atoms with Gasteiger partial charge in [0.25, 0.3) is 0 Å². The van der Waals surface area contributed by atoms with Crippen molar-refractivity contribution in [1.29, 1.82) is 0 Å². The Hall–Kier alpha value is -2.53. The highest BCUT2D eigenvalue weighted by atomic mass is 16.5. The average Bonchev–Trinajstić information content (AvgIpc) is 2.62. The van der Waals surface area contributed by atoms with Crippen LogP contribution in [0.15, 0.2) is 54.6 Å². The van der Waals surface area contributed by atoms with Crippen molar-refractivity contribution in [3.05, 3.63) is 60.2 Å². The minimum absolute atomic E-state index is 0.0101. The van der Waals surface area contributed by atoms with Gasteiger partial charge in [0.2, 0.25) is 5.91 Å². The first-order valence-corrected chi connectivity index (χ1v) is 8.55. The fraction of sp³-hybridized carbons (Fsp3) is 0.350. The minimum atomic E-state index is -0.0101. The fourth-order valence-corrected chi connectivity index (χ4v) is 2.23. The van der Waals surface area contributed by atoms with Crippen LogP contribution in [-0.2, 0) is 11.3 Å². The van der Waals surface area contributed by atoms with E-state index < -0.39 is 0 Å². The van der Waals surface area contributed by atoms with E-state index >= 15 is 0 Å². The number of anilines is 1. The number of likely N-dealkylation sites (N-methyl/N-ethyl adjacent to an activating group) is 1. The number of amides is 1. The van der Waals surface area contributed by atoms with Gasteiger partial charge in [0.05, 0.1) is 13.0 Å². The van der Waals surface area contributed by atoms with Crippen LogP contribution >= 0.6 is 0 Å². The van der Waals surface area contributed by atoms with Crippen molar-refractivity contribution in [1.82, 2.24) is 10.2 Å². The number of ether oxygens (including phenoxy) is 1. The Labute approximate surface area is 150 Å². The second-order valence-corrected chi connectivity index (χ2v) is 6.12. The van der Waals surface area contributed by atoms with Gasteiger partial charge in [-0.3, -0.25) is 4.79 Å². The summed E-state index contributed by atoms with van der Waals surface area (Å²) in [5.41, 5.74) is 2.17.